The molecule has 124 valence electrons. The predicted molar refractivity (Wildman–Crippen MR) is 93.5 cm³/mol. The van der Waals surface area contributed by atoms with E-state index in [1.54, 1.807) is 18.2 Å². The first kappa shape index (κ1) is 17.8. The minimum atomic E-state index is -0.0220. The van der Waals surface area contributed by atoms with Crippen LogP contribution in [0.2, 0.25) is 5.02 Å². The fraction of sp³-hybridized carbons (Fsp3) is 0.556. The number of amides is 1. The molecular weight excluding hydrogens is 310 g/mol. The smallest absolute Gasteiger partial charge is 0.225 e. The second kappa shape index (κ2) is 8.90. The van der Waals surface area contributed by atoms with Gasteiger partial charge >= 0.3 is 0 Å². The number of halogens is 1. The Kier molecular flexibility index (Phi) is 6.88. The Morgan fingerprint density at radius 2 is 2.04 bits per heavy atom. The van der Waals surface area contributed by atoms with Crippen LogP contribution in [0, 0.1) is 11.3 Å². The van der Waals surface area contributed by atoms with Gasteiger partial charge in [-0.1, -0.05) is 37.3 Å². The lowest BCUT2D eigenvalue weighted by Crippen LogP contribution is -2.33. The molecule has 1 fully saturated rings. The Labute approximate surface area is 143 Å². The highest BCUT2D eigenvalue weighted by Crippen LogP contribution is 2.22. The van der Waals surface area contributed by atoms with Crippen LogP contribution < -0.4 is 5.32 Å². The molecule has 1 N–H and O–H groups in total. The molecule has 1 amide bonds. The minimum Gasteiger partial charge on any atom is -0.326 e. The van der Waals surface area contributed by atoms with Crippen molar-refractivity contribution in [3.63, 3.8) is 0 Å². The van der Waals surface area contributed by atoms with E-state index in [-0.39, 0.29) is 5.91 Å². The standard InChI is InChI=1S/C18H24ClN3O/c1-22(16-6-4-2-3-5-7-16)11-10-18(23)21-15-9-8-14(13-20)17(19)12-15/h8-9,12,16H,2-7,10-11H2,1H3,(H,21,23). The van der Waals surface area contributed by atoms with Crippen molar-refractivity contribution < 1.29 is 4.79 Å². The summed E-state index contributed by atoms with van der Waals surface area (Å²) in [5.74, 6) is -0.0220. The third kappa shape index (κ3) is 5.53. The van der Waals surface area contributed by atoms with E-state index in [0.29, 0.717) is 28.7 Å². The van der Waals surface area contributed by atoms with Gasteiger partial charge in [0.25, 0.3) is 0 Å². The van der Waals surface area contributed by atoms with Crippen molar-refractivity contribution in [2.75, 3.05) is 18.9 Å². The predicted octanol–water partition coefficient (Wildman–Crippen LogP) is 4.19. The van der Waals surface area contributed by atoms with Gasteiger partial charge in [-0.25, -0.2) is 0 Å². The molecule has 1 aliphatic rings. The molecule has 1 saturated carbocycles. The Bertz CT molecular complexity index is 574. The monoisotopic (exact) mass is 333 g/mol. The van der Waals surface area contributed by atoms with Crippen LogP contribution in [0.15, 0.2) is 18.2 Å². The Morgan fingerprint density at radius 3 is 2.65 bits per heavy atom. The molecule has 0 radical (unpaired) electrons. The first-order chi connectivity index (χ1) is 11.1. The summed E-state index contributed by atoms with van der Waals surface area (Å²) in [6.45, 7) is 0.764. The zero-order valence-corrected chi connectivity index (χ0v) is 14.4. The number of nitriles is 1. The lowest BCUT2D eigenvalue weighted by molar-refractivity contribution is -0.116. The molecule has 2 rings (SSSR count). The Morgan fingerprint density at radius 1 is 1.35 bits per heavy atom. The summed E-state index contributed by atoms with van der Waals surface area (Å²) in [7, 11) is 2.11. The highest BCUT2D eigenvalue weighted by molar-refractivity contribution is 6.32. The molecule has 5 heteroatoms. The van der Waals surface area contributed by atoms with Crippen molar-refractivity contribution in [3.05, 3.63) is 28.8 Å². The maximum Gasteiger partial charge on any atom is 0.225 e. The zero-order chi connectivity index (χ0) is 16.7. The second-order valence-electron chi connectivity index (χ2n) is 6.23. The number of benzene rings is 1. The van der Waals surface area contributed by atoms with Gasteiger partial charge in [0.15, 0.2) is 0 Å². The molecule has 1 aliphatic carbocycles. The summed E-state index contributed by atoms with van der Waals surface area (Å²) in [6.07, 6.45) is 8.21. The molecule has 0 aromatic heterocycles. The molecule has 0 heterocycles. The van der Waals surface area contributed by atoms with Gasteiger partial charge in [0.05, 0.1) is 10.6 Å². The molecule has 0 saturated heterocycles. The van der Waals surface area contributed by atoms with Crippen LogP contribution in [-0.4, -0.2) is 30.4 Å². The number of hydrogen-bond donors (Lipinski definition) is 1. The van der Waals surface area contributed by atoms with Crippen LogP contribution in [0.4, 0.5) is 5.69 Å². The molecular formula is C18H24ClN3O. The Hall–Kier alpha value is -1.57. The van der Waals surface area contributed by atoms with E-state index in [0.717, 1.165) is 6.54 Å². The van der Waals surface area contributed by atoms with E-state index in [9.17, 15) is 4.79 Å². The summed E-state index contributed by atoms with van der Waals surface area (Å²) < 4.78 is 0. The maximum absolute atomic E-state index is 12.1. The maximum atomic E-state index is 12.1. The minimum absolute atomic E-state index is 0.0220. The number of anilines is 1. The summed E-state index contributed by atoms with van der Waals surface area (Å²) in [5, 5.41) is 12.1. The molecule has 1 aromatic rings. The summed E-state index contributed by atoms with van der Waals surface area (Å²) in [4.78, 5) is 14.4. The molecule has 1 aromatic carbocycles. The fourth-order valence-electron chi connectivity index (χ4n) is 3.07. The van der Waals surface area contributed by atoms with Gasteiger partial charge in [0, 0.05) is 24.7 Å². The highest BCUT2D eigenvalue weighted by atomic mass is 35.5. The number of carbonyl (C=O) groups excluding carboxylic acids is 1. The van der Waals surface area contributed by atoms with Gasteiger partial charge in [0.2, 0.25) is 5.91 Å². The van der Waals surface area contributed by atoms with E-state index in [4.69, 9.17) is 16.9 Å². The average Bonchev–Trinajstić information content (AvgIpc) is 2.82. The number of rotatable bonds is 5. The van der Waals surface area contributed by atoms with Crippen molar-refractivity contribution in [1.29, 1.82) is 5.26 Å². The molecule has 4 nitrogen and oxygen atoms in total. The normalized spacial score (nSPS) is 15.9. The number of hydrogen-bond acceptors (Lipinski definition) is 3. The molecule has 0 unspecified atom stereocenters. The van der Waals surface area contributed by atoms with Crippen LogP contribution in [0.3, 0.4) is 0 Å². The third-order valence-electron chi connectivity index (χ3n) is 4.51. The fourth-order valence-corrected chi connectivity index (χ4v) is 3.29. The van der Waals surface area contributed by atoms with Gasteiger partial charge in [0.1, 0.15) is 6.07 Å². The highest BCUT2D eigenvalue weighted by Gasteiger charge is 2.17. The van der Waals surface area contributed by atoms with Crippen molar-refractivity contribution in [3.8, 4) is 6.07 Å². The molecule has 23 heavy (non-hydrogen) atoms. The number of carbonyl (C=O) groups is 1. The number of nitrogens with zero attached hydrogens (tertiary/aromatic N) is 2. The van der Waals surface area contributed by atoms with Gasteiger partial charge in [-0.2, -0.15) is 5.26 Å². The van der Waals surface area contributed by atoms with E-state index >= 15 is 0 Å². The summed E-state index contributed by atoms with van der Waals surface area (Å²) in [5.41, 5.74) is 1.05. The lowest BCUT2D eigenvalue weighted by atomic mass is 10.1. The number of nitrogens with one attached hydrogen (secondary N) is 1. The van der Waals surface area contributed by atoms with Gasteiger partial charge in [-0.05, 0) is 38.1 Å². The third-order valence-corrected chi connectivity index (χ3v) is 4.83. The molecule has 0 spiro atoms. The van der Waals surface area contributed by atoms with Crippen LogP contribution in [-0.2, 0) is 4.79 Å². The first-order valence-electron chi connectivity index (χ1n) is 8.30. The average molecular weight is 334 g/mol. The van der Waals surface area contributed by atoms with Gasteiger partial charge < -0.3 is 10.2 Å². The van der Waals surface area contributed by atoms with Gasteiger partial charge in [-0.15, -0.1) is 0 Å². The first-order valence-corrected chi connectivity index (χ1v) is 8.67. The molecule has 0 aliphatic heterocycles. The molecule has 0 bridgehead atoms. The van der Waals surface area contributed by atoms with Crippen LogP contribution in [0.5, 0.6) is 0 Å². The largest absolute Gasteiger partial charge is 0.326 e. The van der Waals surface area contributed by atoms with Crippen molar-refractivity contribution in [2.24, 2.45) is 0 Å². The SMILES string of the molecule is CN(CCC(=O)Nc1ccc(C#N)c(Cl)c1)C1CCCCCC1. The topological polar surface area (TPSA) is 56.1 Å². The van der Waals surface area contributed by atoms with Crippen molar-refractivity contribution >= 4 is 23.2 Å². The van der Waals surface area contributed by atoms with Crippen LogP contribution in [0.25, 0.3) is 0 Å². The van der Waals surface area contributed by atoms with E-state index in [1.165, 1.54) is 38.5 Å². The zero-order valence-electron chi connectivity index (χ0n) is 13.6. The summed E-state index contributed by atoms with van der Waals surface area (Å²) in [6, 6.07) is 7.56. The van der Waals surface area contributed by atoms with E-state index in [1.807, 2.05) is 6.07 Å². The van der Waals surface area contributed by atoms with Crippen molar-refractivity contribution in [1.82, 2.24) is 4.90 Å². The second-order valence-corrected chi connectivity index (χ2v) is 6.64. The summed E-state index contributed by atoms with van der Waals surface area (Å²) >= 11 is 5.98. The van der Waals surface area contributed by atoms with E-state index < -0.39 is 0 Å². The van der Waals surface area contributed by atoms with Crippen molar-refractivity contribution in [2.45, 2.75) is 51.0 Å². The van der Waals surface area contributed by atoms with E-state index in [2.05, 4.69) is 17.3 Å². The van der Waals surface area contributed by atoms with Crippen LogP contribution in [0.1, 0.15) is 50.5 Å². The quantitative estimate of drug-likeness (QED) is 0.822. The Balaban J connectivity index is 1.80. The molecule has 0 atom stereocenters. The lowest BCUT2D eigenvalue weighted by Gasteiger charge is -2.26. The van der Waals surface area contributed by atoms with Gasteiger partial charge in [-0.3, -0.25) is 4.79 Å². The van der Waals surface area contributed by atoms with Crippen LogP contribution >= 0.6 is 11.6 Å².